The highest BCUT2D eigenvalue weighted by Gasteiger charge is 2.21. The Morgan fingerprint density at radius 3 is 1.30 bits per heavy atom. The van der Waals surface area contributed by atoms with Crippen LogP contribution in [0.2, 0.25) is 0 Å². The van der Waals surface area contributed by atoms with Crippen LogP contribution in [0.15, 0.2) is 126 Å². The maximum atomic E-state index is 9.59. The molecule has 0 aliphatic heterocycles. The highest BCUT2D eigenvalue weighted by Crippen LogP contribution is 2.41. The van der Waals surface area contributed by atoms with Crippen LogP contribution in [-0.2, 0) is 0 Å². The zero-order valence-electron chi connectivity index (χ0n) is 22.7. The first-order chi connectivity index (χ1) is 21.2. The van der Waals surface area contributed by atoms with Crippen molar-refractivity contribution in [3.8, 4) is 23.5 Å². The zero-order valence-corrected chi connectivity index (χ0v) is 22.7. The number of benzene rings is 6. The summed E-state index contributed by atoms with van der Waals surface area (Å²) < 4.78 is 11.4. The number of nitriles is 2. The molecule has 3 heterocycles. The molecule has 198 valence electrons. The van der Waals surface area contributed by atoms with Crippen molar-refractivity contribution in [2.24, 2.45) is 0 Å². The minimum Gasteiger partial charge on any atom is -0.452 e. The fraction of sp³-hybridized carbons (Fsp3) is 0. The summed E-state index contributed by atoms with van der Waals surface area (Å²) in [5.41, 5.74) is 8.88. The Hall–Kier alpha value is -6.30. The molecule has 0 atom stereocenters. The van der Waals surface area contributed by atoms with Gasteiger partial charge in [-0.05, 0) is 60.7 Å². The lowest BCUT2D eigenvalue weighted by atomic mass is 10.1. The van der Waals surface area contributed by atoms with Crippen molar-refractivity contribution in [1.29, 1.82) is 10.5 Å². The number of rotatable bonds is 2. The van der Waals surface area contributed by atoms with Gasteiger partial charge >= 0.3 is 0 Å². The zero-order chi connectivity index (χ0) is 28.7. The molecule has 6 aromatic carbocycles. The summed E-state index contributed by atoms with van der Waals surface area (Å²) in [4.78, 5) is 0. The van der Waals surface area contributed by atoms with E-state index in [9.17, 15) is 10.5 Å². The molecule has 0 radical (unpaired) electrons. The van der Waals surface area contributed by atoms with E-state index in [0.29, 0.717) is 11.1 Å². The minimum atomic E-state index is 0.634. The van der Waals surface area contributed by atoms with E-state index in [-0.39, 0.29) is 0 Å². The van der Waals surface area contributed by atoms with Crippen LogP contribution in [0.3, 0.4) is 0 Å². The van der Waals surface area contributed by atoms with E-state index in [4.69, 9.17) is 4.42 Å². The molecule has 0 saturated carbocycles. The summed E-state index contributed by atoms with van der Waals surface area (Å²) in [6, 6.07) is 45.4. The minimum absolute atomic E-state index is 0.634. The van der Waals surface area contributed by atoms with Crippen LogP contribution in [0.4, 0.5) is 0 Å². The smallest absolute Gasteiger partial charge is 0.159 e. The molecular weight excluding hydrogens is 528 g/mol. The first kappa shape index (κ1) is 23.4. The van der Waals surface area contributed by atoms with Crippen molar-refractivity contribution < 1.29 is 4.42 Å². The molecule has 43 heavy (non-hydrogen) atoms. The standard InChI is InChI=1S/C38H20N4O/c39-21-23-15-17-33-29(19-23)25-7-1-3-11-31(25)41(33)35-13-5-9-27-28-10-6-14-36(38(28)43-37(27)35)42-32-12-4-2-8-26(32)30-20-24(22-40)16-18-34(30)42/h1-20H. The van der Waals surface area contributed by atoms with Crippen molar-refractivity contribution in [2.45, 2.75) is 0 Å². The molecule has 0 amide bonds. The maximum absolute atomic E-state index is 9.59. The van der Waals surface area contributed by atoms with E-state index >= 15 is 0 Å². The second-order valence-corrected chi connectivity index (χ2v) is 10.8. The summed E-state index contributed by atoms with van der Waals surface area (Å²) in [5, 5.41) is 25.5. The Bertz CT molecular complexity index is 2520. The molecule has 3 aromatic heterocycles. The predicted octanol–water partition coefficient (Wildman–Crippen LogP) is 9.52. The van der Waals surface area contributed by atoms with Crippen molar-refractivity contribution in [2.75, 3.05) is 0 Å². The fourth-order valence-electron chi connectivity index (χ4n) is 6.75. The summed E-state index contributed by atoms with van der Waals surface area (Å²) in [7, 11) is 0. The van der Waals surface area contributed by atoms with E-state index in [2.05, 4.69) is 81.9 Å². The van der Waals surface area contributed by atoms with E-state index < -0.39 is 0 Å². The number of fused-ring (bicyclic) bond motifs is 9. The van der Waals surface area contributed by atoms with Gasteiger partial charge in [-0.2, -0.15) is 10.5 Å². The van der Waals surface area contributed by atoms with Crippen LogP contribution in [0.1, 0.15) is 11.1 Å². The fourth-order valence-corrected chi connectivity index (χ4v) is 6.75. The average Bonchev–Trinajstić information content (AvgIpc) is 3.72. The topological polar surface area (TPSA) is 70.6 Å². The third kappa shape index (κ3) is 3.14. The van der Waals surface area contributed by atoms with Gasteiger partial charge in [-0.25, -0.2) is 0 Å². The van der Waals surface area contributed by atoms with Gasteiger partial charge in [0, 0.05) is 32.3 Å². The van der Waals surface area contributed by atoms with Crippen LogP contribution in [0.5, 0.6) is 0 Å². The van der Waals surface area contributed by atoms with Crippen molar-refractivity contribution in [3.63, 3.8) is 0 Å². The SMILES string of the molecule is N#Cc1ccc2c(c1)c1ccccc1n2-c1cccc2c1oc1c(-n3c4ccccc4c4cc(C#N)ccc43)cccc12. The second-order valence-electron chi connectivity index (χ2n) is 10.8. The van der Waals surface area contributed by atoms with E-state index in [1.165, 1.54) is 0 Å². The van der Waals surface area contributed by atoms with Crippen LogP contribution < -0.4 is 0 Å². The third-order valence-electron chi connectivity index (χ3n) is 8.57. The van der Waals surface area contributed by atoms with Gasteiger partial charge in [0.1, 0.15) is 0 Å². The number of aromatic nitrogens is 2. The van der Waals surface area contributed by atoms with E-state index in [1.54, 1.807) is 0 Å². The lowest BCUT2D eigenvalue weighted by Crippen LogP contribution is -1.94. The van der Waals surface area contributed by atoms with Crippen LogP contribution in [0, 0.1) is 22.7 Å². The Morgan fingerprint density at radius 2 is 0.837 bits per heavy atom. The molecule has 0 aliphatic rings. The summed E-state index contributed by atoms with van der Waals surface area (Å²) in [6.07, 6.45) is 0. The molecule has 9 rings (SSSR count). The van der Waals surface area contributed by atoms with Crippen LogP contribution >= 0.6 is 0 Å². The van der Waals surface area contributed by atoms with Gasteiger partial charge in [-0.3, -0.25) is 0 Å². The first-order valence-corrected chi connectivity index (χ1v) is 14.1. The Morgan fingerprint density at radius 1 is 0.419 bits per heavy atom. The third-order valence-corrected chi connectivity index (χ3v) is 8.57. The normalized spacial score (nSPS) is 11.7. The monoisotopic (exact) mass is 548 g/mol. The van der Waals surface area contributed by atoms with Gasteiger partial charge < -0.3 is 13.6 Å². The quantitative estimate of drug-likeness (QED) is 0.216. The molecule has 0 spiro atoms. The van der Waals surface area contributed by atoms with Gasteiger partial charge in [0.15, 0.2) is 11.2 Å². The van der Waals surface area contributed by atoms with Gasteiger partial charge in [0.25, 0.3) is 0 Å². The van der Waals surface area contributed by atoms with Crippen molar-refractivity contribution in [1.82, 2.24) is 9.13 Å². The molecule has 5 nitrogen and oxygen atoms in total. The lowest BCUT2D eigenvalue weighted by Gasteiger charge is -2.09. The van der Waals surface area contributed by atoms with Gasteiger partial charge in [-0.1, -0.05) is 60.7 Å². The van der Waals surface area contributed by atoms with Gasteiger partial charge in [0.05, 0.1) is 56.7 Å². The maximum Gasteiger partial charge on any atom is 0.159 e. The Kier molecular flexibility index (Phi) is 4.68. The Labute approximate surface area is 245 Å². The molecule has 0 aliphatic carbocycles. The van der Waals surface area contributed by atoms with E-state index in [0.717, 1.165) is 76.9 Å². The summed E-state index contributed by atoms with van der Waals surface area (Å²) in [6.45, 7) is 0. The molecular formula is C38H20N4O. The highest BCUT2D eigenvalue weighted by molar-refractivity contribution is 6.15. The summed E-state index contributed by atoms with van der Waals surface area (Å²) >= 11 is 0. The first-order valence-electron chi connectivity index (χ1n) is 14.1. The van der Waals surface area contributed by atoms with Crippen LogP contribution in [-0.4, -0.2) is 9.13 Å². The lowest BCUT2D eigenvalue weighted by molar-refractivity contribution is 0.664. The highest BCUT2D eigenvalue weighted by atomic mass is 16.3. The molecule has 0 saturated heterocycles. The number of furan rings is 1. The second kappa shape index (κ2) is 8.60. The van der Waals surface area contributed by atoms with Crippen molar-refractivity contribution in [3.05, 3.63) is 132 Å². The molecule has 0 bridgehead atoms. The molecule has 0 N–H and O–H groups in total. The molecule has 0 unspecified atom stereocenters. The largest absolute Gasteiger partial charge is 0.452 e. The number of para-hydroxylation sites is 4. The molecule has 0 fully saturated rings. The van der Waals surface area contributed by atoms with Crippen LogP contribution in [0.25, 0.3) is 76.9 Å². The van der Waals surface area contributed by atoms with Gasteiger partial charge in [0.2, 0.25) is 0 Å². The number of nitrogens with zero attached hydrogens (tertiary/aromatic N) is 4. The molecule has 5 heteroatoms. The van der Waals surface area contributed by atoms with Gasteiger partial charge in [-0.15, -0.1) is 0 Å². The average molecular weight is 549 g/mol. The summed E-state index contributed by atoms with van der Waals surface area (Å²) in [5.74, 6) is 0. The number of hydrogen-bond acceptors (Lipinski definition) is 3. The Balaban J connectivity index is 1.39. The molecule has 9 aromatic rings. The number of hydrogen-bond donors (Lipinski definition) is 0. The van der Waals surface area contributed by atoms with Crippen molar-refractivity contribution >= 4 is 65.6 Å². The predicted molar refractivity (Wildman–Crippen MR) is 172 cm³/mol. The van der Waals surface area contributed by atoms with E-state index in [1.807, 2.05) is 60.7 Å².